The fraction of sp³-hybridized carbons (Fsp3) is 0.333. The van der Waals surface area contributed by atoms with Crippen LogP contribution in [0.3, 0.4) is 0 Å². The van der Waals surface area contributed by atoms with Gasteiger partial charge in [0.25, 0.3) is 0 Å². The molecule has 2 aromatic heterocycles. The molecule has 0 spiro atoms. The molecule has 2 heterocycles. The molecule has 0 aliphatic rings. The summed E-state index contributed by atoms with van der Waals surface area (Å²) in [7, 11) is 0. The average molecular weight is 347 g/mol. The zero-order valence-electron chi connectivity index (χ0n) is 12.7. The van der Waals surface area contributed by atoms with E-state index in [4.69, 9.17) is 0 Å². The highest BCUT2D eigenvalue weighted by atomic mass is 32.2. The number of carbonyl (C=O) groups is 1. The number of rotatable bonds is 7. The van der Waals surface area contributed by atoms with Crippen LogP contribution in [-0.4, -0.2) is 31.8 Å². The predicted octanol–water partition coefficient (Wildman–Crippen LogP) is 3.49. The summed E-state index contributed by atoms with van der Waals surface area (Å²) < 4.78 is 0. The van der Waals surface area contributed by atoms with E-state index >= 15 is 0 Å². The number of aryl methyl sites for hydroxylation is 1. The predicted molar refractivity (Wildman–Crippen MR) is 94.0 cm³/mol. The maximum absolute atomic E-state index is 12.0. The van der Waals surface area contributed by atoms with Crippen molar-refractivity contribution in [1.29, 1.82) is 0 Å². The Morgan fingerprint density at radius 1 is 1.35 bits per heavy atom. The number of imidazole rings is 1. The molecule has 2 N–H and O–H groups in total. The molecule has 8 heteroatoms. The number of para-hydroxylation sites is 2. The van der Waals surface area contributed by atoms with Gasteiger partial charge in [0.15, 0.2) is 5.16 Å². The van der Waals surface area contributed by atoms with E-state index in [0.717, 1.165) is 40.5 Å². The zero-order valence-corrected chi connectivity index (χ0v) is 14.3. The highest BCUT2D eigenvalue weighted by molar-refractivity contribution is 7.99. The van der Waals surface area contributed by atoms with Crippen LogP contribution in [0.4, 0.5) is 5.13 Å². The number of fused-ring (bicyclic) bond motifs is 1. The summed E-state index contributed by atoms with van der Waals surface area (Å²) in [5.41, 5.74) is 1.88. The van der Waals surface area contributed by atoms with E-state index in [2.05, 4.69) is 32.4 Å². The minimum Gasteiger partial charge on any atom is -0.333 e. The Kier molecular flexibility index (Phi) is 5.24. The first-order valence-corrected chi connectivity index (χ1v) is 9.24. The highest BCUT2D eigenvalue weighted by Gasteiger charge is 2.10. The molecular weight excluding hydrogens is 330 g/mol. The average Bonchev–Trinajstić information content (AvgIpc) is 3.17. The first kappa shape index (κ1) is 15.9. The quantitative estimate of drug-likeness (QED) is 0.639. The van der Waals surface area contributed by atoms with Gasteiger partial charge in [-0.2, -0.15) is 0 Å². The van der Waals surface area contributed by atoms with E-state index in [1.54, 1.807) is 0 Å². The third-order valence-corrected chi connectivity index (χ3v) is 4.94. The van der Waals surface area contributed by atoms with Crippen molar-refractivity contribution in [3.8, 4) is 0 Å². The van der Waals surface area contributed by atoms with Crippen LogP contribution >= 0.6 is 23.1 Å². The Morgan fingerprint density at radius 3 is 3.04 bits per heavy atom. The highest BCUT2D eigenvalue weighted by Crippen LogP contribution is 2.20. The van der Waals surface area contributed by atoms with Gasteiger partial charge in [-0.25, -0.2) is 4.98 Å². The molecule has 0 saturated heterocycles. The van der Waals surface area contributed by atoms with E-state index in [1.165, 1.54) is 23.1 Å². The molecular formula is C15H17N5OS2. The molecule has 0 unspecified atom stereocenters. The van der Waals surface area contributed by atoms with Gasteiger partial charge in [0.05, 0.1) is 16.8 Å². The van der Waals surface area contributed by atoms with Crippen molar-refractivity contribution < 1.29 is 4.79 Å². The lowest BCUT2D eigenvalue weighted by Crippen LogP contribution is -2.13. The summed E-state index contributed by atoms with van der Waals surface area (Å²) >= 11 is 2.81. The van der Waals surface area contributed by atoms with E-state index in [0.29, 0.717) is 5.13 Å². The summed E-state index contributed by atoms with van der Waals surface area (Å²) in [4.78, 5) is 19.6. The molecule has 120 valence electrons. The first-order chi connectivity index (χ1) is 11.2. The molecule has 23 heavy (non-hydrogen) atoms. The third-order valence-electron chi connectivity index (χ3n) is 3.17. The number of nitrogens with one attached hydrogen (secondary N) is 2. The summed E-state index contributed by atoms with van der Waals surface area (Å²) in [5, 5.41) is 13.1. The summed E-state index contributed by atoms with van der Waals surface area (Å²) in [6.45, 7) is 2.14. The molecule has 1 aromatic carbocycles. The van der Waals surface area contributed by atoms with Crippen molar-refractivity contribution in [2.24, 2.45) is 0 Å². The second kappa shape index (κ2) is 7.56. The Hall–Kier alpha value is -1.93. The molecule has 3 rings (SSSR count). The molecule has 0 saturated carbocycles. The molecule has 0 aliphatic heterocycles. The fourth-order valence-corrected chi connectivity index (χ4v) is 3.50. The van der Waals surface area contributed by atoms with E-state index in [1.807, 2.05) is 24.3 Å². The summed E-state index contributed by atoms with van der Waals surface area (Å²) in [5.74, 6) is 0.178. The van der Waals surface area contributed by atoms with Crippen LogP contribution < -0.4 is 5.32 Å². The van der Waals surface area contributed by atoms with Crippen LogP contribution in [0, 0.1) is 0 Å². The zero-order chi connectivity index (χ0) is 16.1. The van der Waals surface area contributed by atoms with Crippen LogP contribution in [0.5, 0.6) is 0 Å². The maximum Gasteiger partial charge on any atom is 0.236 e. The minimum atomic E-state index is -0.103. The third kappa shape index (κ3) is 4.29. The molecule has 0 bridgehead atoms. The van der Waals surface area contributed by atoms with E-state index in [-0.39, 0.29) is 11.7 Å². The van der Waals surface area contributed by atoms with Crippen LogP contribution in [0.2, 0.25) is 0 Å². The smallest absolute Gasteiger partial charge is 0.236 e. The SMILES string of the molecule is CCCCc1nnc(NC(=O)CSc2nc3ccccc3[nH]2)s1. The number of thioether (sulfide) groups is 1. The second-order valence-corrected chi connectivity index (χ2v) is 7.03. The van der Waals surface area contributed by atoms with Gasteiger partial charge < -0.3 is 4.98 Å². The van der Waals surface area contributed by atoms with Gasteiger partial charge >= 0.3 is 0 Å². The minimum absolute atomic E-state index is 0.103. The molecule has 3 aromatic rings. The van der Waals surface area contributed by atoms with Crippen molar-refractivity contribution in [1.82, 2.24) is 20.2 Å². The number of aromatic amines is 1. The fourth-order valence-electron chi connectivity index (χ4n) is 2.02. The van der Waals surface area contributed by atoms with Crippen molar-refractivity contribution in [3.05, 3.63) is 29.3 Å². The van der Waals surface area contributed by atoms with Gasteiger partial charge in [-0.3, -0.25) is 10.1 Å². The normalized spacial score (nSPS) is 11.0. The summed E-state index contributed by atoms with van der Waals surface area (Å²) in [6.07, 6.45) is 3.12. The van der Waals surface area contributed by atoms with Crippen molar-refractivity contribution in [3.63, 3.8) is 0 Å². The van der Waals surface area contributed by atoms with E-state index in [9.17, 15) is 4.79 Å². The van der Waals surface area contributed by atoms with Gasteiger partial charge in [-0.1, -0.05) is 48.6 Å². The number of hydrogen-bond donors (Lipinski definition) is 2. The molecule has 0 radical (unpaired) electrons. The number of benzene rings is 1. The first-order valence-electron chi connectivity index (χ1n) is 7.44. The van der Waals surface area contributed by atoms with Gasteiger partial charge in [-0.05, 0) is 18.6 Å². The lowest BCUT2D eigenvalue weighted by atomic mass is 10.3. The van der Waals surface area contributed by atoms with Crippen molar-refractivity contribution in [2.45, 2.75) is 31.3 Å². The van der Waals surface area contributed by atoms with E-state index < -0.39 is 0 Å². The maximum atomic E-state index is 12.0. The van der Waals surface area contributed by atoms with Crippen LogP contribution in [0.25, 0.3) is 11.0 Å². The number of aromatic nitrogens is 4. The molecule has 1 amide bonds. The molecule has 6 nitrogen and oxygen atoms in total. The number of amides is 1. The monoisotopic (exact) mass is 347 g/mol. The number of anilines is 1. The largest absolute Gasteiger partial charge is 0.333 e. The Balaban J connectivity index is 1.52. The second-order valence-electron chi connectivity index (χ2n) is 5.00. The van der Waals surface area contributed by atoms with Crippen LogP contribution in [-0.2, 0) is 11.2 Å². The molecule has 0 fully saturated rings. The van der Waals surface area contributed by atoms with Gasteiger partial charge in [0, 0.05) is 6.42 Å². The number of nitrogens with zero attached hydrogens (tertiary/aromatic N) is 3. The number of H-pyrrole nitrogens is 1. The van der Waals surface area contributed by atoms with Gasteiger partial charge in [-0.15, -0.1) is 10.2 Å². The number of unbranched alkanes of at least 4 members (excludes halogenated alkanes) is 1. The van der Waals surface area contributed by atoms with Gasteiger partial charge in [0.1, 0.15) is 5.01 Å². The molecule has 0 atom stereocenters. The van der Waals surface area contributed by atoms with Crippen LogP contribution in [0.15, 0.2) is 29.4 Å². The topological polar surface area (TPSA) is 83.6 Å². The van der Waals surface area contributed by atoms with Crippen LogP contribution in [0.1, 0.15) is 24.8 Å². The molecule has 0 aliphatic carbocycles. The van der Waals surface area contributed by atoms with Crippen molar-refractivity contribution in [2.75, 3.05) is 11.1 Å². The lowest BCUT2D eigenvalue weighted by Gasteiger charge is -1.98. The standard InChI is InChI=1S/C15H17N5OS2/c1-2-3-8-13-19-20-15(23-13)18-12(21)9-22-14-16-10-6-4-5-7-11(10)17-14/h4-7H,2-3,8-9H2,1H3,(H,16,17)(H,18,20,21). The van der Waals surface area contributed by atoms with Gasteiger partial charge in [0.2, 0.25) is 11.0 Å². The van der Waals surface area contributed by atoms with Crippen molar-refractivity contribution >= 4 is 45.2 Å². The summed E-state index contributed by atoms with van der Waals surface area (Å²) in [6, 6.07) is 7.80. The Labute approximate surface area is 142 Å². The number of hydrogen-bond acceptors (Lipinski definition) is 6. The number of carbonyl (C=O) groups excluding carboxylic acids is 1. The Bertz CT molecular complexity index is 765. The Morgan fingerprint density at radius 2 is 2.22 bits per heavy atom. The lowest BCUT2D eigenvalue weighted by molar-refractivity contribution is -0.113.